The van der Waals surface area contributed by atoms with Gasteiger partial charge in [0.2, 0.25) is 0 Å². The number of hydrogen-bond donors (Lipinski definition) is 5. The molecule has 0 aromatic heterocycles. The van der Waals surface area contributed by atoms with E-state index in [1.807, 2.05) is 0 Å². The second-order valence-corrected chi connectivity index (χ2v) is 4.20. The van der Waals surface area contributed by atoms with E-state index in [1.165, 1.54) is 6.21 Å². The minimum absolute atomic E-state index is 0.294. The van der Waals surface area contributed by atoms with E-state index in [4.69, 9.17) is 15.6 Å². The standard InChI is InChI=1S/C10H14N2O6/c11-10(17)5-6(14)3(1-12-5)9-8(16)7(15)4(2-13)18-9/h1,3-4,7-9,13-16H,2H2,(H2,11,17). The van der Waals surface area contributed by atoms with Crippen molar-refractivity contribution in [1.82, 2.24) is 0 Å². The normalized spacial score (nSPS) is 39.6. The molecule has 5 atom stereocenters. The Kier molecular flexibility index (Phi) is 3.35. The summed E-state index contributed by atoms with van der Waals surface area (Å²) in [7, 11) is 0. The Morgan fingerprint density at radius 1 is 1.44 bits per heavy atom. The Bertz CT molecular complexity index is 421. The van der Waals surface area contributed by atoms with E-state index in [9.17, 15) is 20.1 Å². The Hall–Kier alpha value is -1.48. The van der Waals surface area contributed by atoms with Gasteiger partial charge in [-0.25, -0.2) is 0 Å². The van der Waals surface area contributed by atoms with Crippen molar-refractivity contribution >= 4 is 12.1 Å². The van der Waals surface area contributed by atoms with Gasteiger partial charge >= 0.3 is 0 Å². The van der Waals surface area contributed by atoms with Gasteiger partial charge in [0.15, 0.2) is 5.70 Å². The summed E-state index contributed by atoms with van der Waals surface area (Å²) in [4.78, 5) is 14.6. The van der Waals surface area contributed by atoms with Crippen LogP contribution in [0.25, 0.3) is 0 Å². The van der Waals surface area contributed by atoms with Crippen LogP contribution in [0.2, 0.25) is 0 Å². The van der Waals surface area contributed by atoms with Crippen molar-refractivity contribution in [3.05, 3.63) is 11.5 Å². The average Bonchev–Trinajstić information content (AvgIpc) is 2.82. The number of aliphatic hydroxyl groups is 4. The van der Waals surface area contributed by atoms with Crippen LogP contribution >= 0.6 is 0 Å². The van der Waals surface area contributed by atoms with E-state index in [0.717, 1.165) is 0 Å². The number of hydrogen-bond acceptors (Lipinski definition) is 7. The van der Waals surface area contributed by atoms with Crippen LogP contribution in [0.3, 0.4) is 0 Å². The summed E-state index contributed by atoms with van der Waals surface area (Å²) in [6.07, 6.45) is -3.27. The topological polar surface area (TPSA) is 146 Å². The Morgan fingerprint density at radius 2 is 2.11 bits per heavy atom. The molecule has 100 valence electrons. The van der Waals surface area contributed by atoms with Crippen molar-refractivity contribution in [3.63, 3.8) is 0 Å². The highest BCUT2D eigenvalue weighted by Crippen LogP contribution is 2.32. The van der Waals surface area contributed by atoms with Crippen LogP contribution in [0.15, 0.2) is 16.4 Å². The number of nitrogens with two attached hydrogens (primary N) is 1. The molecule has 0 saturated carbocycles. The fourth-order valence-electron chi connectivity index (χ4n) is 2.10. The second-order valence-electron chi connectivity index (χ2n) is 4.20. The van der Waals surface area contributed by atoms with Gasteiger partial charge in [-0.1, -0.05) is 0 Å². The van der Waals surface area contributed by atoms with E-state index < -0.39 is 48.6 Å². The van der Waals surface area contributed by atoms with Gasteiger partial charge in [-0.3, -0.25) is 9.79 Å². The van der Waals surface area contributed by atoms with Crippen LogP contribution in [0.5, 0.6) is 0 Å². The summed E-state index contributed by atoms with van der Waals surface area (Å²) in [6.45, 7) is -0.467. The monoisotopic (exact) mass is 258 g/mol. The van der Waals surface area contributed by atoms with Crippen LogP contribution < -0.4 is 5.73 Å². The summed E-state index contributed by atoms with van der Waals surface area (Å²) in [5.74, 6) is -2.16. The smallest absolute Gasteiger partial charge is 0.270 e. The minimum Gasteiger partial charge on any atom is -0.509 e. The van der Waals surface area contributed by atoms with Gasteiger partial charge < -0.3 is 30.9 Å². The maximum Gasteiger partial charge on any atom is 0.270 e. The van der Waals surface area contributed by atoms with Gasteiger partial charge in [-0.15, -0.1) is 0 Å². The van der Waals surface area contributed by atoms with E-state index in [1.54, 1.807) is 0 Å². The maximum absolute atomic E-state index is 10.9. The van der Waals surface area contributed by atoms with Gasteiger partial charge in [0, 0.05) is 6.21 Å². The summed E-state index contributed by atoms with van der Waals surface area (Å²) in [5.41, 5.74) is 4.71. The first-order chi connectivity index (χ1) is 8.47. The molecule has 2 rings (SSSR count). The third kappa shape index (κ3) is 1.89. The molecule has 2 heterocycles. The van der Waals surface area contributed by atoms with E-state index in [-0.39, 0.29) is 5.70 Å². The first kappa shape index (κ1) is 13.0. The summed E-state index contributed by atoms with van der Waals surface area (Å²) in [5, 5.41) is 38.0. The quantitative estimate of drug-likeness (QED) is 0.376. The number of rotatable bonds is 3. The van der Waals surface area contributed by atoms with Crippen molar-refractivity contribution < 1.29 is 30.0 Å². The zero-order chi connectivity index (χ0) is 13.4. The molecule has 8 nitrogen and oxygen atoms in total. The van der Waals surface area contributed by atoms with Crippen LogP contribution in [0.4, 0.5) is 0 Å². The van der Waals surface area contributed by atoms with Gasteiger partial charge in [-0.2, -0.15) is 0 Å². The summed E-state index contributed by atoms with van der Waals surface area (Å²) in [6, 6.07) is 0. The van der Waals surface area contributed by atoms with E-state index in [0.29, 0.717) is 0 Å². The number of nitrogens with zero attached hydrogens (tertiary/aromatic N) is 1. The largest absolute Gasteiger partial charge is 0.509 e. The molecule has 0 aliphatic carbocycles. The lowest BCUT2D eigenvalue weighted by atomic mass is 9.96. The number of carbonyl (C=O) groups is 1. The third-order valence-corrected chi connectivity index (χ3v) is 3.09. The average molecular weight is 258 g/mol. The summed E-state index contributed by atoms with van der Waals surface area (Å²) < 4.78 is 5.23. The van der Waals surface area contributed by atoms with Crippen LogP contribution in [-0.4, -0.2) is 63.6 Å². The summed E-state index contributed by atoms with van der Waals surface area (Å²) >= 11 is 0. The fraction of sp³-hybridized carbons (Fsp3) is 0.600. The first-order valence-corrected chi connectivity index (χ1v) is 5.37. The number of aliphatic hydroxyl groups excluding tert-OH is 4. The van der Waals surface area contributed by atoms with Crippen molar-refractivity contribution in [2.24, 2.45) is 16.6 Å². The van der Waals surface area contributed by atoms with Gasteiger partial charge in [0.1, 0.15) is 30.2 Å². The fourth-order valence-corrected chi connectivity index (χ4v) is 2.10. The number of ether oxygens (including phenoxy) is 1. The number of amides is 1. The zero-order valence-electron chi connectivity index (χ0n) is 9.30. The lowest BCUT2D eigenvalue weighted by molar-refractivity contribution is -0.114. The molecule has 6 N–H and O–H groups in total. The van der Waals surface area contributed by atoms with Crippen molar-refractivity contribution in [2.75, 3.05) is 6.61 Å². The molecule has 2 aliphatic heterocycles. The predicted molar refractivity (Wildman–Crippen MR) is 58.6 cm³/mol. The molecule has 0 aromatic rings. The Labute approximate surface area is 102 Å². The predicted octanol–water partition coefficient (Wildman–Crippen LogP) is -2.58. The highest BCUT2D eigenvalue weighted by Gasteiger charge is 2.48. The molecule has 2 aliphatic rings. The number of carbonyl (C=O) groups excluding carboxylic acids is 1. The second kappa shape index (κ2) is 4.65. The third-order valence-electron chi connectivity index (χ3n) is 3.09. The van der Waals surface area contributed by atoms with Gasteiger partial charge in [-0.05, 0) is 0 Å². The van der Waals surface area contributed by atoms with Gasteiger partial charge in [0.25, 0.3) is 5.91 Å². The first-order valence-electron chi connectivity index (χ1n) is 5.37. The SMILES string of the molecule is NC(=O)C1=C(O)C(C2OC(CO)C(O)C2O)C=N1. The molecule has 5 unspecified atom stereocenters. The minimum atomic E-state index is -1.30. The molecule has 0 bridgehead atoms. The van der Waals surface area contributed by atoms with Crippen LogP contribution in [0, 0.1) is 5.92 Å². The molecule has 0 radical (unpaired) electrons. The van der Waals surface area contributed by atoms with E-state index in [2.05, 4.69) is 4.99 Å². The lowest BCUT2D eigenvalue weighted by Crippen LogP contribution is -2.37. The molecule has 1 amide bonds. The number of aliphatic imine (C=N–C) groups is 1. The maximum atomic E-state index is 10.9. The highest BCUT2D eigenvalue weighted by molar-refractivity contribution is 5.96. The zero-order valence-corrected chi connectivity index (χ0v) is 9.30. The Balaban J connectivity index is 2.20. The van der Waals surface area contributed by atoms with E-state index >= 15 is 0 Å². The van der Waals surface area contributed by atoms with Crippen molar-refractivity contribution in [2.45, 2.75) is 24.4 Å². The molecular formula is C10H14N2O6. The Morgan fingerprint density at radius 3 is 2.56 bits per heavy atom. The highest BCUT2D eigenvalue weighted by atomic mass is 16.6. The molecule has 0 aromatic carbocycles. The van der Waals surface area contributed by atoms with Crippen LogP contribution in [-0.2, 0) is 9.53 Å². The lowest BCUT2D eigenvalue weighted by Gasteiger charge is -2.19. The molecule has 8 heteroatoms. The molecular weight excluding hydrogens is 244 g/mol. The number of primary amides is 1. The molecule has 18 heavy (non-hydrogen) atoms. The van der Waals surface area contributed by atoms with Crippen LogP contribution in [0.1, 0.15) is 0 Å². The molecule has 0 spiro atoms. The van der Waals surface area contributed by atoms with Crippen molar-refractivity contribution in [3.8, 4) is 0 Å². The molecule has 1 saturated heterocycles. The molecule has 1 fully saturated rings. The van der Waals surface area contributed by atoms with Gasteiger partial charge in [0.05, 0.1) is 12.5 Å². The van der Waals surface area contributed by atoms with Crippen molar-refractivity contribution in [1.29, 1.82) is 0 Å².